The third-order valence-electron chi connectivity index (χ3n) is 5.29. The molecule has 0 saturated carbocycles. The summed E-state index contributed by atoms with van der Waals surface area (Å²) in [6, 6.07) is 33.4. The van der Waals surface area contributed by atoms with E-state index in [-0.39, 0.29) is 0 Å². The van der Waals surface area contributed by atoms with Crippen LogP contribution in [-0.2, 0) is 0 Å². The zero-order valence-corrected chi connectivity index (χ0v) is 17.7. The highest BCUT2D eigenvalue weighted by molar-refractivity contribution is 8.01. The van der Waals surface area contributed by atoms with Crippen LogP contribution in [0, 0.1) is 20.8 Å². The number of hydrogen-bond donors (Lipinski definition) is 0. The molecule has 0 amide bonds. The molecular formula is C25H24PS+. The van der Waals surface area contributed by atoms with Crippen molar-refractivity contribution in [2.24, 2.45) is 0 Å². The molecule has 0 aliphatic heterocycles. The Labute approximate surface area is 166 Å². The van der Waals surface area contributed by atoms with E-state index in [1.54, 1.807) is 0 Å². The quantitative estimate of drug-likeness (QED) is 0.417. The van der Waals surface area contributed by atoms with Gasteiger partial charge in [-0.25, -0.2) is 0 Å². The van der Waals surface area contributed by atoms with E-state index in [4.69, 9.17) is 0 Å². The molecule has 0 saturated heterocycles. The third kappa shape index (κ3) is 2.96. The van der Waals surface area contributed by atoms with Crippen molar-refractivity contribution in [2.45, 2.75) is 20.8 Å². The molecule has 0 radical (unpaired) electrons. The number of rotatable bonds is 4. The van der Waals surface area contributed by atoms with Gasteiger partial charge in [-0.1, -0.05) is 54.6 Å². The van der Waals surface area contributed by atoms with Gasteiger partial charge in [-0.15, -0.1) is 11.3 Å². The summed E-state index contributed by atoms with van der Waals surface area (Å²) in [6.07, 6.45) is 0. The fraction of sp³-hybridized carbons (Fsp3) is 0.120. The lowest BCUT2D eigenvalue weighted by Crippen LogP contribution is -2.39. The van der Waals surface area contributed by atoms with Crippen molar-refractivity contribution in [1.82, 2.24) is 0 Å². The lowest BCUT2D eigenvalue weighted by Gasteiger charge is -2.28. The first-order chi connectivity index (χ1) is 13.2. The predicted molar refractivity (Wildman–Crippen MR) is 123 cm³/mol. The van der Waals surface area contributed by atoms with Gasteiger partial charge in [0, 0.05) is 15.3 Å². The Morgan fingerprint density at radius 1 is 0.519 bits per heavy atom. The highest BCUT2D eigenvalue weighted by atomic mass is 32.1. The lowest BCUT2D eigenvalue weighted by molar-refractivity contribution is 1.46. The van der Waals surface area contributed by atoms with Crippen LogP contribution in [0.5, 0.6) is 0 Å². The van der Waals surface area contributed by atoms with Gasteiger partial charge in [-0.3, -0.25) is 0 Å². The third-order valence-corrected chi connectivity index (χ3v) is 11.1. The van der Waals surface area contributed by atoms with E-state index in [1.807, 2.05) is 11.3 Å². The molecule has 1 heterocycles. The molecule has 0 fully saturated rings. The van der Waals surface area contributed by atoms with Crippen molar-refractivity contribution in [3.8, 4) is 0 Å². The highest BCUT2D eigenvalue weighted by Gasteiger charge is 2.50. The SMILES string of the molecule is Cc1sc(C)c([P+](c2ccccc2)(c2ccccc2)c2ccccc2)c1C. The van der Waals surface area contributed by atoms with Crippen LogP contribution in [0.3, 0.4) is 0 Å². The number of aryl methyl sites for hydroxylation is 2. The molecule has 0 N–H and O–H groups in total. The highest BCUT2D eigenvalue weighted by Crippen LogP contribution is 2.56. The summed E-state index contributed by atoms with van der Waals surface area (Å²) in [7, 11) is -1.95. The zero-order valence-electron chi connectivity index (χ0n) is 16.0. The summed E-state index contributed by atoms with van der Waals surface area (Å²) in [5.74, 6) is 0. The average molecular weight is 388 g/mol. The molecule has 0 bridgehead atoms. The number of thiophene rings is 1. The van der Waals surface area contributed by atoms with Gasteiger partial charge in [0.1, 0.15) is 28.5 Å². The zero-order chi connectivity index (χ0) is 18.9. The summed E-state index contributed by atoms with van der Waals surface area (Å²) in [6.45, 7) is 6.85. The van der Waals surface area contributed by atoms with Crippen molar-refractivity contribution in [3.05, 3.63) is 106 Å². The number of benzene rings is 3. The Morgan fingerprint density at radius 2 is 0.889 bits per heavy atom. The van der Waals surface area contributed by atoms with Crippen LogP contribution < -0.4 is 21.2 Å². The van der Waals surface area contributed by atoms with Gasteiger partial charge in [-0.05, 0) is 57.2 Å². The van der Waals surface area contributed by atoms with Crippen molar-refractivity contribution in [2.75, 3.05) is 0 Å². The van der Waals surface area contributed by atoms with Crippen LogP contribution in [0.15, 0.2) is 91.0 Å². The average Bonchev–Trinajstić information content (AvgIpc) is 2.98. The maximum absolute atomic E-state index is 2.32. The van der Waals surface area contributed by atoms with Crippen LogP contribution in [0.4, 0.5) is 0 Å². The van der Waals surface area contributed by atoms with Crippen molar-refractivity contribution in [1.29, 1.82) is 0 Å². The second-order valence-electron chi connectivity index (χ2n) is 6.87. The standard InChI is InChI=1S/C25H24PS/c1-19-20(2)27-21(3)25(19)26(22-13-7-4-8-14-22,23-15-9-5-10-16-23)24-17-11-6-12-18-24/h4-18H,1-3H3/q+1. The first-order valence-electron chi connectivity index (χ1n) is 9.28. The van der Waals surface area contributed by atoms with Crippen LogP contribution in [0.1, 0.15) is 15.3 Å². The molecule has 0 nitrogen and oxygen atoms in total. The molecule has 0 spiro atoms. The molecule has 27 heavy (non-hydrogen) atoms. The Kier molecular flexibility index (Phi) is 5.00. The van der Waals surface area contributed by atoms with Crippen molar-refractivity contribution >= 4 is 39.8 Å². The van der Waals surface area contributed by atoms with Crippen LogP contribution in [-0.4, -0.2) is 0 Å². The van der Waals surface area contributed by atoms with Gasteiger partial charge in [0.05, 0.1) is 0 Å². The van der Waals surface area contributed by atoms with Gasteiger partial charge in [0.25, 0.3) is 0 Å². The van der Waals surface area contributed by atoms with Gasteiger partial charge in [0.2, 0.25) is 0 Å². The summed E-state index contributed by atoms with van der Waals surface area (Å²) < 4.78 is 0. The summed E-state index contributed by atoms with van der Waals surface area (Å²) in [5, 5.41) is 5.80. The molecule has 4 aromatic rings. The minimum atomic E-state index is -1.95. The van der Waals surface area contributed by atoms with Crippen LogP contribution >= 0.6 is 18.6 Å². The Bertz CT molecular complexity index is 937. The second kappa shape index (κ2) is 7.43. The topological polar surface area (TPSA) is 0 Å². The normalized spacial score (nSPS) is 11.5. The van der Waals surface area contributed by atoms with Crippen molar-refractivity contribution < 1.29 is 0 Å². The fourth-order valence-corrected chi connectivity index (χ4v) is 10.3. The van der Waals surface area contributed by atoms with E-state index in [9.17, 15) is 0 Å². The van der Waals surface area contributed by atoms with Gasteiger partial charge >= 0.3 is 0 Å². The van der Waals surface area contributed by atoms with E-state index in [0.717, 1.165) is 0 Å². The molecule has 0 aliphatic rings. The summed E-state index contributed by atoms with van der Waals surface area (Å²) >= 11 is 1.93. The molecule has 3 aromatic carbocycles. The van der Waals surface area contributed by atoms with Crippen LogP contribution in [0.25, 0.3) is 0 Å². The van der Waals surface area contributed by atoms with E-state index in [0.29, 0.717) is 0 Å². The van der Waals surface area contributed by atoms with Gasteiger partial charge in [0.15, 0.2) is 0 Å². The molecule has 0 aliphatic carbocycles. The minimum absolute atomic E-state index is 1.42. The smallest absolute Gasteiger partial charge is 0.141 e. The second-order valence-corrected chi connectivity index (χ2v) is 11.6. The van der Waals surface area contributed by atoms with E-state index in [2.05, 4.69) is 112 Å². The fourth-order valence-electron chi connectivity index (χ4n) is 4.06. The van der Waals surface area contributed by atoms with Gasteiger partial charge in [-0.2, -0.15) is 0 Å². The first kappa shape index (κ1) is 18.2. The number of hydrogen-bond acceptors (Lipinski definition) is 1. The molecular weight excluding hydrogens is 363 g/mol. The largest absolute Gasteiger partial charge is 0.145 e. The van der Waals surface area contributed by atoms with E-state index >= 15 is 0 Å². The first-order valence-corrected chi connectivity index (χ1v) is 11.9. The molecule has 0 atom stereocenters. The van der Waals surface area contributed by atoms with E-state index in [1.165, 1.54) is 36.5 Å². The van der Waals surface area contributed by atoms with Crippen LogP contribution in [0.2, 0.25) is 0 Å². The maximum Gasteiger partial charge on any atom is 0.145 e. The Hall–Kier alpha value is -2.21. The Balaban J connectivity index is 2.20. The maximum atomic E-state index is 2.32. The summed E-state index contributed by atoms with van der Waals surface area (Å²) in [5.41, 5.74) is 1.45. The molecule has 4 rings (SSSR count). The molecule has 0 unspecified atom stereocenters. The molecule has 134 valence electrons. The lowest BCUT2D eigenvalue weighted by atomic mass is 10.3. The van der Waals surface area contributed by atoms with E-state index < -0.39 is 7.26 Å². The monoisotopic (exact) mass is 387 g/mol. The Morgan fingerprint density at radius 3 is 1.19 bits per heavy atom. The van der Waals surface area contributed by atoms with Gasteiger partial charge < -0.3 is 0 Å². The summed E-state index contributed by atoms with van der Waals surface area (Å²) in [4.78, 5) is 2.87. The minimum Gasteiger partial charge on any atom is -0.141 e. The molecule has 1 aromatic heterocycles. The predicted octanol–water partition coefficient (Wildman–Crippen LogP) is 5.29. The van der Waals surface area contributed by atoms with Crippen molar-refractivity contribution in [3.63, 3.8) is 0 Å². The molecule has 2 heteroatoms.